The zero-order valence-corrected chi connectivity index (χ0v) is 32.2. The Morgan fingerprint density at radius 3 is 1.24 bits per heavy atom. The molecule has 0 unspecified atom stereocenters. The van der Waals surface area contributed by atoms with Gasteiger partial charge in [0, 0.05) is 49.4 Å². The van der Waals surface area contributed by atoms with Crippen LogP contribution >= 0.6 is 0 Å². The SMILES string of the molecule is C[Si](C)(C)c1ccc(-n2c3ccccc3c3cc(-c4ccc5c(c4)c4ccccc4n5-c4ccc5c6ccccc6n(-c6ccccc6)c5c4)ccc32)cc1. The number of aromatic nitrogens is 3. The molecule has 0 atom stereocenters. The highest BCUT2D eigenvalue weighted by atomic mass is 28.3. The van der Waals surface area contributed by atoms with Crippen LogP contribution in [0.25, 0.3) is 93.6 Å². The predicted octanol–water partition coefficient (Wildman–Crippen LogP) is 13.2. The Hall–Kier alpha value is -6.62. The standard InChI is InChI=1S/C51H39N3Si/c1-55(2,3)39-26-23-37(24-27-39)52-47-19-11-8-16-41(47)44-31-34(21-29-49(44)52)35-22-30-50-45(32-35)42-17-9-12-20-48(42)54(50)38-25-28-43-40-15-7-10-18-46(40)53(51(43)33-38)36-13-5-4-6-14-36/h4-33H,1-3H3. The van der Waals surface area contributed by atoms with Crippen molar-refractivity contribution in [3.8, 4) is 28.2 Å². The van der Waals surface area contributed by atoms with E-state index in [1.165, 1.54) is 87.4 Å². The van der Waals surface area contributed by atoms with Crippen LogP contribution < -0.4 is 5.19 Å². The lowest BCUT2D eigenvalue weighted by atomic mass is 10.0. The van der Waals surface area contributed by atoms with Gasteiger partial charge in [-0.3, -0.25) is 0 Å². The molecule has 0 radical (unpaired) electrons. The Balaban J connectivity index is 1.08. The molecule has 0 N–H and O–H groups in total. The van der Waals surface area contributed by atoms with Gasteiger partial charge < -0.3 is 13.7 Å². The second kappa shape index (κ2) is 11.9. The fraction of sp³-hybridized carbons (Fsp3) is 0.0588. The first-order chi connectivity index (χ1) is 26.9. The molecule has 11 aromatic rings. The normalized spacial score (nSPS) is 12.3. The monoisotopic (exact) mass is 721 g/mol. The Bertz CT molecular complexity index is 3280. The minimum absolute atomic E-state index is 1.15. The number of hydrogen-bond acceptors (Lipinski definition) is 0. The van der Waals surface area contributed by atoms with E-state index in [0.717, 1.165) is 11.4 Å². The topological polar surface area (TPSA) is 14.8 Å². The maximum atomic E-state index is 2.44. The zero-order chi connectivity index (χ0) is 36.8. The fourth-order valence-electron chi connectivity index (χ4n) is 8.93. The number of fused-ring (bicyclic) bond motifs is 9. The highest BCUT2D eigenvalue weighted by molar-refractivity contribution is 6.88. The van der Waals surface area contributed by atoms with Gasteiger partial charge in [0.05, 0.1) is 41.2 Å². The van der Waals surface area contributed by atoms with Crippen molar-refractivity contribution in [2.45, 2.75) is 19.6 Å². The van der Waals surface area contributed by atoms with Crippen LogP contribution in [0.3, 0.4) is 0 Å². The quantitative estimate of drug-likeness (QED) is 0.157. The van der Waals surface area contributed by atoms with Crippen molar-refractivity contribution >= 4 is 78.7 Å². The van der Waals surface area contributed by atoms with E-state index in [2.05, 4.69) is 215 Å². The Morgan fingerprint density at radius 2 is 0.691 bits per heavy atom. The zero-order valence-electron chi connectivity index (χ0n) is 31.2. The molecule has 0 saturated carbocycles. The third-order valence-electron chi connectivity index (χ3n) is 11.6. The molecule has 0 saturated heterocycles. The Labute approximate surface area is 320 Å². The van der Waals surface area contributed by atoms with Crippen LogP contribution in [0.15, 0.2) is 182 Å². The third-order valence-corrected chi connectivity index (χ3v) is 13.7. The molecule has 4 heteroatoms. The van der Waals surface area contributed by atoms with Crippen molar-refractivity contribution < 1.29 is 0 Å². The summed E-state index contributed by atoms with van der Waals surface area (Å²) >= 11 is 0. The summed E-state index contributed by atoms with van der Waals surface area (Å²) in [6.45, 7) is 7.22. The van der Waals surface area contributed by atoms with Gasteiger partial charge in [0.1, 0.15) is 0 Å². The summed E-state index contributed by atoms with van der Waals surface area (Å²) in [6.07, 6.45) is 0. The van der Waals surface area contributed by atoms with Gasteiger partial charge in [0.2, 0.25) is 0 Å². The Kier molecular flexibility index (Phi) is 6.92. The van der Waals surface area contributed by atoms with Crippen molar-refractivity contribution in [2.75, 3.05) is 0 Å². The van der Waals surface area contributed by atoms with Crippen molar-refractivity contribution in [3.63, 3.8) is 0 Å². The lowest BCUT2D eigenvalue weighted by Crippen LogP contribution is -2.37. The van der Waals surface area contributed by atoms with Gasteiger partial charge in [0.15, 0.2) is 0 Å². The molecule has 0 aliphatic rings. The molecule has 0 spiro atoms. The summed E-state index contributed by atoms with van der Waals surface area (Å²) in [5.74, 6) is 0. The first kappa shape index (κ1) is 31.9. The van der Waals surface area contributed by atoms with Crippen LogP contribution in [0.4, 0.5) is 0 Å². The lowest BCUT2D eigenvalue weighted by Gasteiger charge is -2.17. The number of rotatable bonds is 5. The van der Waals surface area contributed by atoms with E-state index in [-0.39, 0.29) is 0 Å². The van der Waals surface area contributed by atoms with Gasteiger partial charge in [-0.05, 0) is 90.0 Å². The van der Waals surface area contributed by atoms with E-state index < -0.39 is 8.07 Å². The van der Waals surface area contributed by atoms with Crippen molar-refractivity contribution in [1.82, 2.24) is 13.7 Å². The van der Waals surface area contributed by atoms with Crippen LogP contribution in [0.1, 0.15) is 0 Å². The summed E-state index contributed by atoms with van der Waals surface area (Å²) in [7, 11) is -1.39. The van der Waals surface area contributed by atoms with E-state index in [0.29, 0.717) is 0 Å². The fourth-order valence-corrected chi connectivity index (χ4v) is 10.1. The molecule has 11 rings (SSSR count). The first-order valence-electron chi connectivity index (χ1n) is 19.2. The summed E-state index contributed by atoms with van der Waals surface area (Å²) in [5.41, 5.74) is 13.2. The molecule has 0 fully saturated rings. The summed E-state index contributed by atoms with van der Waals surface area (Å²) in [6, 6.07) is 67.3. The second-order valence-electron chi connectivity index (χ2n) is 15.9. The maximum Gasteiger partial charge on any atom is 0.0775 e. The van der Waals surface area contributed by atoms with Crippen molar-refractivity contribution in [1.29, 1.82) is 0 Å². The summed E-state index contributed by atoms with van der Waals surface area (Å²) in [4.78, 5) is 0. The number of nitrogens with zero attached hydrogens (tertiary/aromatic N) is 3. The molecule has 262 valence electrons. The molecular weight excluding hydrogens is 683 g/mol. The minimum atomic E-state index is -1.39. The van der Waals surface area contributed by atoms with Crippen LogP contribution in [-0.2, 0) is 0 Å². The average Bonchev–Trinajstić information content (AvgIpc) is 3.86. The highest BCUT2D eigenvalue weighted by Gasteiger charge is 2.20. The molecule has 55 heavy (non-hydrogen) atoms. The van der Waals surface area contributed by atoms with Gasteiger partial charge in [-0.1, -0.05) is 128 Å². The molecule has 8 aromatic carbocycles. The first-order valence-corrected chi connectivity index (χ1v) is 22.7. The van der Waals surface area contributed by atoms with E-state index in [4.69, 9.17) is 0 Å². The summed E-state index contributed by atoms with van der Waals surface area (Å²) in [5, 5.41) is 9.05. The molecule has 3 aromatic heterocycles. The number of hydrogen-bond donors (Lipinski definition) is 0. The molecular formula is C51H39N3Si. The number of para-hydroxylation sites is 4. The molecule has 0 aliphatic carbocycles. The van der Waals surface area contributed by atoms with E-state index in [1.54, 1.807) is 0 Å². The van der Waals surface area contributed by atoms with Gasteiger partial charge in [-0.25, -0.2) is 0 Å². The second-order valence-corrected chi connectivity index (χ2v) is 20.9. The molecule has 3 nitrogen and oxygen atoms in total. The largest absolute Gasteiger partial charge is 0.309 e. The van der Waals surface area contributed by atoms with E-state index in [9.17, 15) is 0 Å². The molecule has 3 heterocycles. The van der Waals surface area contributed by atoms with Crippen molar-refractivity contribution in [3.05, 3.63) is 182 Å². The highest BCUT2D eigenvalue weighted by Crippen LogP contribution is 2.40. The third kappa shape index (κ3) is 4.88. The van der Waals surface area contributed by atoms with Gasteiger partial charge in [0.25, 0.3) is 0 Å². The van der Waals surface area contributed by atoms with E-state index in [1.807, 2.05) is 0 Å². The number of benzene rings is 8. The lowest BCUT2D eigenvalue weighted by molar-refractivity contribution is 1.15. The van der Waals surface area contributed by atoms with Gasteiger partial charge >= 0.3 is 0 Å². The van der Waals surface area contributed by atoms with Crippen LogP contribution in [0.5, 0.6) is 0 Å². The average molecular weight is 722 g/mol. The molecule has 0 amide bonds. The van der Waals surface area contributed by atoms with Gasteiger partial charge in [-0.15, -0.1) is 0 Å². The minimum Gasteiger partial charge on any atom is -0.309 e. The van der Waals surface area contributed by atoms with Crippen LogP contribution in [-0.4, -0.2) is 21.8 Å². The maximum absolute atomic E-state index is 2.44. The van der Waals surface area contributed by atoms with Crippen LogP contribution in [0.2, 0.25) is 19.6 Å². The van der Waals surface area contributed by atoms with Crippen LogP contribution in [0, 0.1) is 0 Å². The van der Waals surface area contributed by atoms with Crippen molar-refractivity contribution in [2.24, 2.45) is 0 Å². The summed E-state index contributed by atoms with van der Waals surface area (Å²) < 4.78 is 7.26. The molecule has 0 bridgehead atoms. The Morgan fingerprint density at radius 1 is 0.291 bits per heavy atom. The smallest absolute Gasteiger partial charge is 0.0775 e. The molecule has 0 aliphatic heterocycles. The van der Waals surface area contributed by atoms with Gasteiger partial charge in [-0.2, -0.15) is 0 Å². The van der Waals surface area contributed by atoms with E-state index >= 15 is 0 Å². The predicted molar refractivity (Wildman–Crippen MR) is 238 cm³/mol.